The van der Waals surface area contributed by atoms with Crippen molar-refractivity contribution in [2.45, 2.75) is 0 Å². The summed E-state index contributed by atoms with van der Waals surface area (Å²) in [6.07, 6.45) is 0. The Hall–Kier alpha value is -2.36. The molecular formula is C12H10N4. The highest BCUT2D eigenvalue weighted by Crippen LogP contribution is 2.29. The molecule has 2 aromatic carbocycles. The molecule has 5 N–H and O–H groups in total. The molecule has 3 rings (SSSR count). The summed E-state index contributed by atoms with van der Waals surface area (Å²) < 4.78 is 0. The van der Waals surface area contributed by atoms with E-state index in [1.54, 1.807) is 0 Å². The van der Waals surface area contributed by atoms with Crippen LogP contribution in [-0.2, 0) is 0 Å². The van der Waals surface area contributed by atoms with Crippen LogP contribution < -0.4 is 11.5 Å². The van der Waals surface area contributed by atoms with E-state index in [0.29, 0.717) is 11.5 Å². The maximum atomic E-state index is 7.69. The first kappa shape index (κ1) is 8.91. The third-order valence-corrected chi connectivity index (χ3v) is 2.84. The fraction of sp³-hybridized carbons (Fsp3) is 0. The molecule has 0 radical (unpaired) electrons. The van der Waals surface area contributed by atoms with Crippen molar-refractivity contribution < 1.29 is 0 Å². The summed E-state index contributed by atoms with van der Waals surface area (Å²) in [6, 6.07) is 9.44. The number of benzene rings is 2. The number of rotatable bonds is 0. The summed E-state index contributed by atoms with van der Waals surface area (Å²) in [5, 5.41) is 9.60. The van der Waals surface area contributed by atoms with E-state index >= 15 is 0 Å². The van der Waals surface area contributed by atoms with Crippen LogP contribution in [0, 0.1) is 5.41 Å². The zero-order valence-corrected chi connectivity index (χ0v) is 8.49. The molecule has 1 heterocycles. The van der Waals surface area contributed by atoms with Gasteiger partial charge >= 0.3 is 0 Å². The summed E-state index contributed by atoms with van der Waals surface area (Å²) in [4.78, 5) is 3.97. The Kier molecular flexibility index (Phi) is 1.57. The van der Waals surface area contributed by atoms with Gasteiger partial charge in [0.1, 0.15) is 5.84 Å². The first-order chi connectivity index (χ1) is 7.68. The van der Waals surface area contributed by atoms with Crippen molar-refractivity contribution in [3.8, 4) is 0 Å². The lowest BCUT2D eigenvalue weighted by atomic mass is 9.98. The Bertz CT molecular complexity index is 655. The van der Waals surface area contributed by atoms with Gasteiger partial charge in [0.2, 0.25) is 0 Å². The molecule has 0 bridgehead atoms. The Morgan fingerprint density at radius 1 is 1.00 bits per heavy atom. The molecule has 1 aliphatic heterocycles. The minimum Gasteiger partial charge on any atom is -0.398 e. The van der Waals surface area contributed by atoms with E-state index in [4.69, 9.17) is 16.9 Å². The number of aliphatic imine (C=N–C) groups is 1. The largest absolute Gasteiger partial charge is 0.398 e. The third-order valence-electron chi connectivity index (χ3n) is 2.84. The maximum absolute atomic E-state index is 7.69. The number of fused-ring (bicyclic) bond motifs is 3. The average molecular weight is 210 g/mol. The zero-order valence-electron chi connectivity index (χ0n) is 8.49. The second-order valence-electron chi connectivity index (χ2n) is 3.78. The van der Waals surface area contributed by atoms with Gasteiger partial charge in [-0.25, -0.2) is 4.99 Å². The van der Waals surface area contributed by atoms with Gasteiger partial charge in [0, 0.05) is 22.2 Å². The summed E-state index contributed by atoms with van der Waals surface area (Å²) in [5.74, 6) is 0.619. The van der Waals surface area contributed by atoms with Crippen LogP contribution in [0.25, 0.3) is 10.8 Å². The van der Waals surface area contributed by atoms with Gasteiger partial charge < -0.3 is 11.5 Å². The molecule has 0 saturated heterocycles. The van der Waals surface area contributed by atoms with Crippen LogP contribution in [0.1, 0.15) is 11.1 Å². The number of hydrogen-bond donors (Lipinski definition) is 3. The molecule has 0 fully saturated rings. The van der Waals surface area contributed by atoms with E-state index in [0.717, 1.165) is 21.9 Å². The first-order valence-corrected chi connectivity index (χ1v) is 4.93. The van der Waals surface area contributed by atoms with Crippen LogP contribution >= 0.6 is 0 Å². The number of nitrogen functional groups attached to an aromatic ring is 1. The van der Waals surface area contributed by atoms with Gasteiger partial charge in [-0.15, -0.1) is 0 Å². The smallest absolute Gasteiger partial charge is 0.154 e. The molecule has 0 saturated carbocycles. The van der Waals surface area contributed by atoms with E-state index in [2.05, 4.69) is 4.99 Å². The lowest BCUT2D eigenvalue weighted by Gasteiger charge is -2.07. The van der Waals surface area contributed by atoms with Gasteiger partial charge in [-0.3, -0.25) is 5.41 Å². The number of anilines is 1. The van der Waals surface area contributed by atoms with Crippen molar-refractivity contribution in [2.24, 2.45) is 10.7 Å². The molecule has 78 valence electrons. The number of nitrogens with zero attached hydrogens (tertiary/aromatic N) is 1. The lowest BCUT2D eigenvalue weighted by Crippen LogP contribution is -2.11. The summed E-state index contributed by atoms with van der Waals surface area (Å²) in [7, 11) is 0. The minimum atomic E-state index is 0.219. The van der Waals surface area contributed by atoms with Crippen LogP contribution in [0.4, 0.5) is 5.69 Å². The van der Waals surface area contributed by atoms with Crippen LogP contribution in [0.5, 0.6) is 0 Å². The molecule has 4 nitrogen and oxygen atoms in total. The van der Waals surface area contributed by atoms with Crippen LogP contribution in [0.15, 0.2) is 35.3 Å². The highest BCUT2D eigenvalue weighted by molar-refractivity contribution is 6.26. The second-order valence-corrected chi connectivity index (χ2v) is 3.78. The summed E-state index contributed by atoms with van der Waals surface area (Å²) in [6.45, 7) is 0. The number of hydrogen-bond acceptors (Lipinski definition) is 3. The average Bonchev–Trinajstić information content (AvgIpc) is 2.55. The topological polar surface area (TPSA) is 88.2 Å². The number of amidine groups is 2. The predicted octanol–water partition coefficient (Wildman–Crippen LogP) is 1.47. The van der Waals surface area contributed by atoms with Crippen molar-refractivity contribution in [1.29, 1.82) is 5.41 Å². The number of nitrogens with two attached hydrogens (primary N) is 2. The third kappa shape index (κ3) is 0.982. The fourth-order valence-corrected chi connectivity index (χ4v) is 2.09. The van der Waals surface area contributed by atoms with Gasteiger partial charge in [0.05, 0.1) is 0 Å². The monoisotopic (exact) mass is 210 g/mol. The molecule has 0 amide bonds. The summed E-state index contributed by atoms with van der Waals surface area (Å²) >= 11 is 0. The van der Waals surface area contributed by atoms with Gasteiger partial charge in [-0.2, -0.15) is 0 Å². The van der Waals surface area contributed by atoms with Gasteiger partial charge in [0.25, 0.3) is 0 Å². The van der Waals surface area contributed by atoms with Gasteiger partial charge in [0.15, 0.2) is 5.84 Å². The van der Waals surface area contributed by atoms with E-state index in [9.17, 15) is 0 Å². The highest BCUT2D eigenvalue weighted by Gasteiger charge is 2.20. The predicted molar refractivity (Wildman–Crippen MR) is 65.9 cm³/mol. The number of nitrogens with one attached hydrogen (secondary N) is 1. The quantitative estimate of drug-likeness (QED) is 0.575. The van der Waals surface area contributed by atoms with E-state index in [1.165, 1.54) is 0 Å². The van der Waals surface area contributed by atoms with Crippen molar-refractivity contribution in [2.75, 3.05) is 5.73 Å². The van der Waals surface area contributed by atoms with Gasteiger partial charge in [-0.05, 0) is 17.5 Å². The standard InChI is InChI=1S/C12H10N4/c13-9-3-1-2-7-6(9)4-5-8-10(7)12(15)16-11(8)14/h1-5H,13H2,(H3,14,15,16). The molecule has 1 aliphatic rings. The SMILES string of the molecule is N=C1N=C(N)c2c1ccc1c(N)cccc21. The summed E-state index contributed by atoms with van der Waals surface area (Å²) in [5.41, 5.74) is 14.0. The molecule has 0 aromatic heterocycles. The van der Waals surface area contributed by atoms with Crippen LogP contribution in [0.3, 0.4) is 0 Å². The van der Waals surface area contributed by atoms with Crippen molar-refractivity contribution >= 4 is 28.1 Å². The van der Waals surface area contributed by atoms with E-state index < -0.39 is 0 Å². The Morgan fingerprint density at radius 3 is 2.62 bits per heavy atom. The van der Waals surface area contributed by atoms with E-state index in [-0.39, 0.29) is 5.84 Å². The van der Waals surface area contributed by atoms with Crippen LogP contribution in [-0.4, -0.2) is 11.7 Å². The Labute approximate surface area is 92.1 Å². The normalized spacial score (nSPS) is 14.0. The van der Waals surface area contributed by atoms with Crippen molar-refractivity contribution in [1.82, 2.24) is 0 Å². The molecule has 2 aromatic rings. The molecule has 16 heavy (non-hydrogen) atoms. The van der Waals surface area contributed by atoms with Crippen molar-refractivity contribution in [3.05, 3.63) is 41.5 Å². The van der Waals surface area contributed by atoms with Gasteiger partial charge in [-0.1, -0.05) is 18.2 Å². The second kappa shape index (κ2) is 2.82. The lowest BCUT2D eigenvalue weighted by molar-refractivity contribution is 1.45. The Morgan fingerprint density at radius 2 is 1.81 bits per heavy atom. The molecule has 0 spiro atoms. The zero-order chi connectivity index (χ0) is 11.3. The molecular weight excluding hydrogens is 200 g/mol. The van der Waals surface area contributed by atoms with Crippen LogP contribution in [0.2, 0.25) is 0 Å². The molecule has 4 heteroatoms. The van der Waals surface area contributed by atoms with Crippen molar-refractivity contribution in [3.63, 3.8) is 0 Å². The first-order valence-electron chi connectivity index (χ1n) is 4.93. The molecule has 0 unspecified atom stereocenters. The Balaban J connectivity index is 2.51. The molecule has 0 aliphatic carbocycles. The fourth-order valence-electron chi connectivity index (χ4n) is 2.09. The van der Waals surface area contributed by atoms with E-state index in [1.807, 2.05) is 30.3 Å². The minimum absolute atomic E-state index is 0.219. The maximum Gasteiger partial charge on any atom is 0.154 e. The molecule has 0 atom stereocenters. The highest BCUT2D eigenvalue weighted by atomic mass is 14.9.